The number of nitrogens with zero attached hydrogens (tertiary/aromatic N) is 1. The van der Waals surface area contributed by atoms with Gasteiger partial charge in [-0.15, -0.1) is 0 Å². The minimum Gasteiger partial charge on any atom is -0.387 e. The number of rotatable bonds is 7. The molecular formula is C20H27FN3O2+. The van der Waals surface area contributed by atoms with Gasteiger partial charge in [-0.05, 0) is 18.1 Å². The number of unbranched alkanes of at least 4 members (excludes halogenated alkanes) is 1. The van der Waals surface area contributed by atoms with E-state index in [1.807, 2.05) is 0 Å². The van der Waals surface area contributed by atoms with Crippen molar-refractivity contribution in [3.63, 3.8) is 0 Å². The number of fused-ring (bicyclic) bond motifs is 1. The number of aliphatic hydroxyl groups is 1. The predicted octanol–water partition coefficient (Wildman–Crippen LogP) is 0.992. The van der Waals surface area contributed by atoms with E-state index in [0.717, 1.165) is 31.5 Å². The van der Waals surface area contributed by atoms with Crippen molar-refractivity contribution in [2.75, 3.05) is 13.1 Å². The minimum absolute atomic E-state index is 0.137. The first kappa shape index (κ1) is 18.7. The van der Waals surface area contributed by atoms with Crippen LogP contribution in [0, 0.1) is 5.82 Å². The fourth-order valence-electron chi connectivity index (χ4n) is 3.57. The Kier molecular flexibility index (Phi) is 6.16. The van der Waals surface area contributed by atoms with Crippen LogP contribution in [0.3, 0.4) is 0 Å². The van der Waals surface area contributed by atoms with Crippen molar-refractivity contribution in [1.82, 2.24) is 9.97 Å². The lowest BCUT2D eigenvalue weighted by atomic mass is 10.0. The van der Waals surface area contributed by atoms with Gasteiger partial charge in [0.1, 0.15) is 30.8 Å². The topological polar surface area (TPSA) is 70.4 Å². The van der Waals surface area contributed by atoms with Crippen molar-refractivity contribution in [3.05, 3.63) is 63.1 Å². The second-order valence-corrected chi connectivity index (χ2v) is 7.13. The summed E-state index contributed by atoms with van der Waals surface area (Å²) in [6, 6.07) is 6.55. The lowest BCUT2D eigenvalue weighted by Crippen LogP contribution is -3.13. The van der Waals surface area contributed by atoms with Crippen molar-refractivity contribution < 1.29 is 14.4 Å². The Morgan fingerprint density at radius 2 is 2.19 bits per heavy atom. The molecule has 2 atom stereocenters. The van der Waals surface area contributed by atoms with Crippen LogP contribution in [0.25, 0.3) is 0 Å². The van der Waals surface area contributed by atoms with Gasteiger partial charge in [0, 0.05) is 12.8 Å². The Labute approximate surface area is 152 Å². The summed E-state index contributed by atoms with van der Waals surface area (Å²) in [5, 5.41) is 10.1. The van der Waals surface area contributed by atoms with Crippen LogP contribution in [0.1, 0.15) is 48.8 Å². The molecule has 0 amide bonds. The summed E-state index contributed by atoms with van der Waals surface area (Å²) < 4.78 is 13.8. The molecule has 1 aromatic heterocycles. The third kappa shape index (κ3) is 4.56. The molecule has 3 rings (SSSR count). The Hall–Kier alpha value is -2.05. The molecule has 2 heterocycles. The second kappa shape index (κ2) is 8.56. The summed E-state index contributed by atoms with van der Waals surface area (Å²) in [6.45, 7) is 4.21. The van der Waals surface area contributed by atoms with Crippen LogP contribution in [0.4, 0.5) is 4.39 Å². The third-order valence-electron chi connectivity index (χ3n) is 5.02. The number of H-pyrrole nitrogens is 1. The van der Waals surface area contributed by atoms with E-state index in [0.29, 0.717) is 36.5 Å². The van der Waals surface area contributed by atoms with Gasteiger partial charge in [-0.3, -0.25) is 4.79 Å². The highest BCUT2D eigenvalue weighted by molar-refractivity contribution is 5.24. The van der Waals surface area contributed by atoms with Gasteiger partial charge in [-0.1, -0.05) is 38.0 Å². The number of aromatic nitrogens is 2. The molecule has 26 heavy (non-hydrogen) atoms. The standard InChI is InChI=1S/C20H26FN3O2/c1-2-3-7-15(25)12-24-10-9-18-16(13-24)20(26)23-19(22-18)11-14-6-4-5-8-17(14)21/h4-6,8,15,25H,2-3,7,9-13H2,1H3,(H,22,23,26)/p+1/t15-/m1/s1. The predicted molar refractivity (Wildman–Crippen MR) is 97.7 cm³/mol. The lowest BCUT2D eigenvalue weighted by molar-refractivity contribution is -0.919. The maximum absolute atomic E-state index is 13.8. The zero-order valence-corrected chi connectivity index (χ0v) is 15.2. The Bertz CT molecular complexity index is 806. The van der Waals surface area contributed by atoms with Crippen molar-refractivity contribution in [3.8, 4) is 0 Å². The molecule has 0 aliphatic carbocycles. The number of hydrogen-bond acceptors (Lipinski definition) is 3. The molecular weight excluding hydrogens is 333 g/mol. The van der Waals surface area contributed by atoms with Crippen molar-refractivity contribution >= 4 is 0 Å². The van der Waals surface area contributed by atoms with E-state index in [2.05, 4.69) is 16.9 Å². The van der Waals surface area contributed by atoms with E-state index in [9.17, 15) is 14.3 Å². The summed E-state index contributed by atoms with van der Waals surface area (Å²) >= 11 is 0. The molecule has 0 spiro atoms. The number of quaternary nitrogens is 1. The highest BCUT2D eigenvalue weighted by atomic mass is 19.1. The number of nitrogens with one attached hydrogen (secondary N) is 2. The summed E-state index contributed by atoms with van der Waals surface area (Å²) in [7, 11) is 0. The maximum Gasteiger partial charge on any atom is 0.260 e. The fraction of sp³-hybridized carbons (Fsp3) is 0.500. The zero-order valence-electron chi connectivity index (χ0n) is 15.2. The van der Waals surface area contributed by atoms with Crippen LogP contribution >= 0.6 is 0 Å². The summed E-state index contributed by atoms with van der Waals surface area (Å²) in [6.07, 6.45) is 3.57. The third-order valence-corrected chi connectivity index (χ3v) is 5.02. The van der Waals surface area contributed by atoms with Crippen molar-refractivity contribution in [1.29, 1.82) is 0 Å². The second-order valence-electron chi connectivity index (χ2n) is 7.13. The first-order valence-electron chi connectivity index (χ1n) is 9.42. The number of aliphatic hydroxyl groups excluding tert-OH is 1. The Balaban J connectivity index is 1.71. The number of hydrogen-bond donors (Lipinski definition) is 3. The molecule has 6 heteroatoms. The van der Waals surface area contributed by atoms with Gasteiger partial charge in [0.2, 0.25) is 0 Å². The maximum atomic E-state index is 13.8. The fourth-order valence-corrected chi connectivity index (χ4v) is 3.57. The average Bonchev–Trinajstić information content (AvgIpc) is 2.62. The highest BCUT2D eigenvalue weighted by Gasteiger charge is 2.25. The van der Waals surface area contributed by atoms with E-state index < -0.39 is 0 Å². The van der Waals surface area contributed by atoms with E-state index in [1.54, 1.807) is 18.2 Å². The van der Waals surface area contributed by atoms with Crippen LogP contribution in [0.5, 0.6) is 0 Å². The van der Waals surface area contributed by atoms with Gasteiger partial charge in [-0.2, -0.15) is 0 Å². The lowest BCUT2D eigenvalue weighted by Gasteiger charge is -2.26. The number of aromatic amines is 1. The summed E-state index contributed by atoms with van der Waals surface area (Å²) in [4.78, 5) is 21.1. The quantitative estimate of drug-likeness (QED) is 0.690. The summed E-state index contributed by atoms with van der Waals surface area (Å²) in [5.41, 5.74) is 1.90. The Morgan fingerprint density at radius 1 is 1.38 bits per heavy atom. The van der Waals surface area contributed by atoms with Crippen molar-refractivity contribution in [2.45, 2.75) is 51.7 Å². The molecule has 3 N–H and O–H groups in total. The molecule has 0 bridgehead atoms. The van der Waals surface area contributed by atoms with E-state index in [4.69, 9.17) is 0 Å². The van der Waals surface area contributed by atoms with Gasteiger partial charge < -0.3 is 15.0 Å². The van der Waals surface area contributed by atoms with E-state index in [1.165, 1.54) is 11.0 Å². The van der Waals surface area contributed by atoms with Gasteiger partial charge in [0.25, 0.3) is 5.56 Å². The monoisotopic (exact) mass is 360 g/mol. The molecule has 2 aromatic rings. The van der Waals surface area contributed by atoms with E-state index >= 15 is 0 Å². The normalized spacial score (nSPS) is 17.7. The molecule has 1 aromatic carbocycles. The smallest absolute Gasteiger partial charge is 0.260 e. The molecule has 140 valence electrons. The van der Waals surface area contributed by atoms with Crippen LogP contribution in [-0.4, -0.2) is 34.3 Å². The van der Waals surface area contributed by atoms with Gasteiger partial charge >= 0.3 is 0 Å². The highest BCUT2D eigenvalue weighted by Crippen LogP contribution is 2.12. The molecule has 1 aliphatic rings. The molecule has 0 saturated carbocycles. The zero-order chi connectivity index (χ0) is 18.5. The van der Waals surface area contributed by atoms with Crippen LogP contribution in [0.2, 0.25) is 0 Å². The van der Waals surface area contributed by atoms with E-state index in [-0.39, 0.29) is 23.9 Å². The summed E-state index contributed by atoms with van der Waals surface area (Å²) in [5.74, 6) is 0.217. The van der Waals surface area contributed by atoms with Gasteiger partial charge in [-0.25, -0.2) is 9.37 Å². The first-order chi connectivity index (χ1) is 12.6. The molecule has 0 fully saturated rings. The van der Waals surface area contributed by atoms with Gasteiger partial charge in [0.05, 0.1) is 17.8 Å². The minimum atomic E-state index is -0.320. The molecule has 1 aliphatic heterocycles. The molecule has 0 radical (unpaired) electrons. The molecule has 0 saturated heterocycles. The SMILES string of the molecule is CCCC[C@@H](O)C[NH+]1CCc2nc(Cc3ccccc3F)[nH]c(=O)c2C1. The Morgan fingerprint density at radius 3 is 2.96 bits per heavy atom. The number of halogens is 1. The van der Waals surface area contributed by atoms with Crippen LogP contribution in [0.15, 0.2) is 29.1 Å². The van der Waals surface area contributed by atoms with Crippen LogP contribution in [-0.2, 0) is 19.4 Å². The van der Waals surface area contributed by atoms with Gasteiger partial charge in [0.15, 0.2) is 0 Å². The largest absolute Gasteiger partial charge is 0.387 e. The number of benzene rings is 1. The average molecular weight is 360 g/mol. The molecule has 1 unspecified atom stereocenters. The first-order valence-corrected chi connectivity index (χ1v) is 9.42. The van der Waals surface area contributed by atoms with Crippen molar-refractivity contribution in [2.24, 2.45) is 0 Å². The molecule has 5 nitrogen and oxygen atoms in total. The van der Waals surface area contributed by atoms with Crippen LogP contribution < -0.4 is 10.5 Å².